The Kier molecular flexibility index (Phi) is 9.73. The molecular formula is C31H36FN7O5. The summed E-state index contributed by atoms with van der Waals surface area (Å²) >= 11 is 0. The number of rotatable bonds is 13. The van der Waals surface area contributed by atoms with Gasteiger partial charge < -0.3 is 9.64 Å². The number of pyridine rings is 2. The van der Waals surface area contributed by atoms with Crippen molar-refractivity contribution in [3.05, 3.63) is 80.1 Å². The average molecular weight is 606 g/mol. The van der Waals surface area contributed by atoms with Gasteiger partial charge in [0.1, 0.15) is 11.6 Å². The maximum Gasteiger partial charge on any atom is 0.332 e. The molecule has 5 heterocycles. The summed E-state index contributed by atoms with van der Waals surface area (Å²) in [5, 5.41) is 0. The van der Waals surface area contributed by atoms with Crippen molar-refractivity contribution in [2.75, 3.05) is 38.3 Å². The van der Waals surface area contributed by atoms with Crippen LogP contribution in [0.2, 0.25) is 0 Å². The van der Waals surface area contributed by atoms with Crippen molar-refractivity contribution < 1.29 is 18.7 Å². The number of carbonyl (C=O) groups excluding carboxylic acids is 2. The summed E-state index contributed by atoms with van der Waals surface area (Å²) in [4.78, 5) is 68.2. The maximum absolute atomic E-state index is 13.5. The Labute approximate surface area is 253 Å². The molecule has 1 saturated heterocycles. The smallest absolute Gasteiger partial charge is 0.332 e. The summed E-state index contributed by atoms with van der Waals surface area (Å²) in [5.41, 5.74) is 1.20. The minimum atomic E-state index is -0.688. The summed E-state index contributed by atoms with van der Waals surface area (Å²) in [6.45, 7) is 4.56. The van der Waals surface area contributed by atoms with Crippen LogP contribution < -0.4 is 16.1 Å². The predicted molar refractivity (Wildman–Crippen MR) is 162 cm³/mol. The van der Waals surface area contributed by atoms with Gasteiger partial charge in [-0.25, -0.2) is 19.8 Å². The van der Waals surface area contributed by atoms with Crippen LogP contribution >= 0.6 is 0 Å². The fourth-order valence-corrected chi connectivity index (χ4v) is 5.57. The van der Waals surface area contributed by atoms with Gasteiger partial charge in [0.05, 0.1) is 16.8 Å². The van der Waals surface area contributed by atoms with Gasteiger partial charge in [-0.05, 0) is 49.9 Å². The molecule has 2 aliphatic rings. The van der Waals surface area contributed by atoms with Gasteiger partial charge in [-0.2, -0.15) is 4.39 Å². The number of ether oxygens (including phenoxy) is 1. The molecule has 0 aromatic carbocycles. The molecule has 0 N–H and O–H groups in total. The molecule has 12 nitrogen and oxygen atoms in total. The molecule has 0 atom stereocenters. The van der Waals surface area contributed by atoms with Gasteiger partial charge in [-0.1, -0.05) is 6.92 Å². The number of fused-ring (bicyclic) bond motifs is 1. The van der Waals surface area contributed by atoms with Crippen LogP contribution in [0.5, 0.6) is 0 Å². The predicted octanol–water partition coefficient (Wildman–Crippen LogP) is 2.72. The standard InChI is InChI=1S/C31H36FN7O5/c1-3-12-39-30(42)23-18-24(35-28(23)38(31(39)43)16-6-17-44-2)21-9-11-26(34-19-21)37(15-5-14-36-13-4-7-27(36)40)29(41)22-8-10-25(32)33-20-22/h8-11,19-20H,3-7,12-18H2,1-2H3. The van der Waals surface area contributed by atoms with Crippen molar-refractivity contribution in [3.63, 3.8) is 0 Å². The van der Waals surface area contributed by atoms with E-state index in [-0.39, 0.29) is 35.7 Å². The van der Waals surface area contributed by atoms with E-state index >= 15 is 0 Å². The topological polar surface area (TPSA) is 132 Å². The third kappa shape index (κ3) is 6.52. The lowest BCUT2D eigenvalue weighted by Gasteiger charge is -2.23. The van der Waals surface area contributed by atoms with Crippen molar-refractivity contribution in [3.8, 4) is 0 Å². The lowest BCUT2D eigenvalue weighted by molar-refractivity contribution is -0.127. The van der Waals surface area contributed by atoms with Crippen LogP contribution in [0.4, 0.5) is 16.0 Å². The first-order valence-corrected chi connectivity index (χ1v) is 14.9. The average Bonchev–Trinajstić information content (AvgIpc) is 3.66. The summed E-state index contributed by atoms with van der Waals surface area (Å²) in [5.74, 6) is -0.245. The molecule has 1 fully saturated rings. The number of carbonyl (C=O) groups is 2. The summed E-state index contributed by atoms with van der Waals surface area (Å²) < 4.78 is 21.4. The molecule has 44 heavy (non-hydrogen) atoms. The number of hydrogen-bond donors (Lipinski definition) is 0. The molecule has 0 bridgehead atoms. The minimum absolute atomic E-state index is 0.108. The van der Waals surface area contributed by atoms with Gasteiger partial charge in [0.25, 0.3) is 11.5 Å². The van der Waals surface area contributed by atoms with E-state index in [1.807, 2.05) is 6.92 Å². The number of hydrogen-bond acceptors (Lipinski definition) is 8. The van der Waals surface area contributed by atoms with Crippen LogP contribution in [-0.4, -0.2) is 74.9 Å². The number of amides is 2. The largest absolute Gasteiger partial charge is 0.385 e. The van der Waals surface area contributed by atoms with E-state index in [2.05, 4.69) is 9.97 Å². The fraction of sp³-hybridized carbons (Fsp3) is 0.452. The molecule has 0 spiro atoms. The van der Waals surface area contributed by atoms with Gasteiger partial charge >= 0.3 is 5.69 Å². The Balaban J connectivity index is 1.41. The van der Waals surface area contributed by atoms with Crippen LogP contribution in [-0.2, 0) is 29.0 Å². The summed E-state index contributed by atoms with van der Waals surface area (Å²) in [6.07, 6.45) is 6.15. The van der Waals surface area contributed by atoms with Gasteiger partial charge in [-0.3, -0.25) is 28.4 Å². The van der Waals surface area contributed by atoms with E-state index in [9.17, 15) is 23.6 Å². The van der Waals surface area contributed by atoms with E-state index in [1.54, 1.807) is 34.9 Å². The maximum atomic E-state index is 13.5. The van der Waals surface area contributed by atoms with Crippen LogP contribution in [0.3, 0.4) is 0 Å². The number of aliphatic imine (C=N–C) groups is 1. The SMILES string of the molecule is CCCn1c(=O)c2c(n(CCCOC)c1=O)N=C(c1ccc(N(CCCN3CCCC3=O)C(=O)c3ccc(F)nc3)nc1)C2. The van der Waals surface area contributed by atoms with Crippen LogP contribution in [0.25, 0.3) is 0 Å². The van der Waals surface area contributed by atoms with Gasteiger partial charge in [0, 0.05) is 77.2 Å². The highest BCUT2D eigenvalue weighted by Gasteiger charge is 2.27. The molecule has 2 amide bonds. The van der Waals surface area contributed by atoms with Crippen molar-refractivity contribution in [1.29, 1.82) is 0 Å². The molecule has 0 saturated carbocycles. The van der Waals surface area contributed by atoms with E-state index in [0.717, 1.165) is 12.5 Å². The van der Waals surface area contributed by atoms with Gasteiger partial charge in [-0.15, -0.1) is 0 Å². The second-order valence-corrected chi connectivity index (χ2v) is 10.8. The zero-order valence-electron chi connectivity index (χ0n) is 25.0. The monoisotopic (exact) mass is 605 g/mol. The lowest BCUT2D eigenvalue weighted by Crippen LogP contribution is -2.41. The quantitative estimate of drug-likeness (QED) is 0.216. The fourth-order valence-electron chi connectivity index (χ4n) is 5.57. The van der Waals surface area contributed by atoms with Crippen LogP contribution in [0.15, 0.2) is 51.2 Å². The number of likely N-dealkylation sites (tertiary alicyclic amines) is 1. The summed E-state index contributed by atoms with van der Waals surface area (Å²) in [7, 11) is 1.60. The Morgan fingerprint density at radius 1 is 1.02 bits per heavy atom. The molecule has 0 aliphatic carbocycles. The number of nitrogens with zero attached hydrogens (tertiary/aromatic N) is 7. The number of methoxy groups -OCH3 is 1. The highest BCUT2D eigenvalue weighted by molar-refractivity contribution is 6.07. The van der Waals surface area contributed by atoms with Crippen molar-refractivity contribution in [2.45, 2.75) is 58.5 Å². The van der Waals surface area contributed by atoms with E-state index in [0.29, 0.717) is 86.9 Å². The van der Waals surface area contributed by atoms with E-state index in [4.69, 9.17) is 9.73 Å². The molecule has 5 rings (SSSR count). The first-order valence-electron chi connectivity index (χ1n) is 14.9. The highest BCUT2D eigenvalue weighted by Crippen LogP contribution is 2.26. The Bertz CT molecular complexity index is 1660. The third-order valence-corrected chi connectivity index (χ3v) is 7.81. The van der Waals surface area contributed by atoms with Gasteiger partial charge in [0.15, 0.2) is 0 Å². The molecule has 0 unspecified atom stereocenters. The van der Waals surface area contributed by atoms with E-state index in [1.165, 1.54) is 21.7 Å². The molecule has 232 valence electrons. The van der Waals surface area contributed by atoms with Crippen molar-refractivity contribution in [1.82, 2.24) is 24.0 Å². The number of anilines is 1. The Morgan fingerprint density at radius 2 is 1.86 bits per heavy atom. The van der Waals surface area contributed by atoms with Gasteiger partial charge in [0.2, 0.25) is 11.9 Å². The van der Waals surface area contributed by atoms with Crippen LogP contribution in [0, 0.1) is 5.95 Å². The third-order valence-electron chi connectivity index (χ3n) is 7.81. The zero-order chi connectivity index (χ0) is 31.2. The lowest BCUT2D eigenvalue weighted by atomic mass is 10.1. The molecular weight excluding hydrogens is 569 g/mol. The Hall–Kier alpha value is -4.52. The first kappa shape index (κ1) is 30.9. The molecule has 2 aliphatic heterocycles. The second kappa shape index (κ2) is 13.8. The molecule has 3 aromatic heterocycles. The van der Waals surface area contributed by atoms with E-state index < -0.39 is 11.9 Å². The number of halogens is 1. The summed E-state index contributed by atoms with van der Waals surface area (Å²) in [6, 6.07) is 5.97. The molecule has 0 radical (unpaired) electrons. The number of aromatic nitrogens is 4. The second-order valence-electron chi connectivity index (χ2n) is 10.8. The zero-order valence-corrected chi connectivity index (χ0v) is 25.0. The first-order chi connectivity index (χ1) is 21.3. The molecule has 13 heteroatoms. The van der Waals surface area contributed by atoms with Crippen molar-refractivity contribution in [2.24, 2.45) is 4.99 Å². The molecule has 3 aromatic rings. The van der Waals surface area contributed by atoms with Crippen LogP contribution in [0.1, 0.15) is 60.5 Å². The van der Waals surface area contributed by atoms with Crippen molar-refractivity contribution >= 4 is 29.2 Å². The minimum Gasteiger partial charge on any atom is -0.385 e. The normalized spacial score (nSPS) is 14.2. The highest BCUT2D eigenvalue weighted by atomic mass is 19.1. The Morgan fingerprint density at radius 3 is 2.52 bits per heavy atom.